The van der Waals surface area contributed by atoms with Gasteiger partial charge in [-0.25, -0.2) is 9.37 Å². The Bertz CT molecular complexity index is 1050. The molecule has 1 fully saturated rings. The molecule has 2 aliphatic rings. The van der Waals surface area contributed by atoms with Gasteiger partial charge in [-0.2, -0.15) is 5.10 Å². The van der Waals surface area contributed by atoms with Crippen LogP contribution in [0.2, 0.25) is 0 Å². The zero-order valence-corrected chi connectivity index (χ0v) is 16.7. The van der Waals surface area contributed by atoms with Crippen molar-refractivity contribution in [3.8, 4) is 0 Å². The number of nitrogens with zero attached hydrogens (tertiary/aromatic N) is 4. The molecule has 3 aromatic rings. The first-order valence-corrected chi connectivity index (χ1v) is 10.4. The monoisotopic (exact) mass is 405 g/mol. The van der Waals surface area contributed by atoms with Crippen molar-refractivity contribution in [2.24, 2.45) is 0 Å². The summed E-state index contributed by atoms with van der Waals surface area (Å²) in [4.78, 5) is 20.8. The normalized spacial score (nSPS) is 19.1. The van der Waals surface area contributed by atoms with Gasteiger partial charge < -0.3 is 4.90 Å². The fraction of sp³-hybridized carbons (Fsp3) is 0.348. The van der Waals surface area contributed by atoms with Crippen LogP contribution in [0.5, 0.6) is 0 Å². The summed E-state index contributed by atoms with van der Waals surface area (Å²) >= 11 is 0. The molecule has 1 aromatic carbocycles. The smallest absolute Gasteiger partial charge is 0.275 e. The van der Waals surface area contributed by atoms with Gasteiger partial charge in [0.1, 0.15) is 0 Å². The third-order valence-electron chi connectivity index (χ3n) is 6.12. The van der Waals surface area contributed by atoms with Gasteiger partial charge in [0.25, 0.3) is 5.91 Å². The van der Waals surface area contributed by atoms with Crippen LogP contribution in [0, 0.1) is 5.82 Å². The lowest BCUT2D eigenvalue weighted by Crippen LogP contribution is -2.31. The number of aromatic amines is 1. The summed E-state index contributed by atoms with van der Waals surface area (Å²) in [7, 11) is 0. The average Bonchev–Trinajstić information content (AvgIpc) is 3.41. The fourth-order valence-corrected chi connectivity index (χ4v) is 4.55. The molecule has 1 saturated heterocycles. The molecule has 1 atom stereocenters. The van der Waals surface area contributed by atoms with Crippen LogP contribution < -0.4 is 0 Å². The van der Waals surface area contributed by atoms with Crippen molar-refractivity contribution >= 4 is 5.91 Å². The van der Waals surface area contributed by atoms with E-state index in [1.807, 2.05) is 6.07 Å². The Morgan fingerprint density at radius 1 is 1.17 bits per heavy atom. The Labute approximate surface area is 174 Å². The Morgan fingerprint density at radius 2 is 2.03 bits per heavy atom. The molecule has 30 heavy (non-hydrogen) atoms. The molecule has 0 aliphatic carbocycles. The number of halogens is 1. The quantitative estimate of drug-likeness (QED) is 0.724. The molecule has 6 nitrogen and oxygen atoms in total. The molecule has 1 amide bonds. The van der Waals surface area contributed by atoms with Gasteiger partial charge in [0.2, 0.25) is 0 Å². The fourth-order valence-electron chi connectivity index (χ4n) is 4.55. The topological polar surface area (TPSA) is 65.1 Å². The first-order chi connectivity index (χ1) is 14.7. The number of hydrogen-bond donors (Lipinski definition) is 1. The van der Waals surface area contributed by atoms with E-state index in [4.69, 9.17) is 0 Å². The molecular weight excluding hydrogens is 381 g/mol. The van der Waals surface area contributed by atoms with Crippen LogP contribution in [0.1, 0.15) is 45.3 Å². The van der Waals surface area contributed by atoms with E-state index < -0.39 is 5.82 Å². The van der Waals surface area contributed by atoms with Gasteiger partial charge in [0.05, 0.1) is 5.69 Å². The maximum Gasteiger partial charge on any atom is 0.275 e. The average molecular weight is 405 g/mol. The molecule has 2 aromatic heterocycles. The number of hydrogen-bond acceptors (Lipinski definition) is 4. The van der Waals surface area contributed by atoms with Crippen LogP contribution >= 0.6 is 0 Å². The molecule has 2 aliphatic heterocycles. The minimum Gasteiger partial charge on any atom is -0.337 e. The second-order valence-electron chi connectivity index (χ2n) is 8.08. The lowest BCUT2D eigenvalue weighted by atomic mass is 9.96. The molecule has 0 saturated carbocycles. The molecule has 1 unspecified atom stereocenters. The predicted molar refractivity (Wildman–Crippen MR) is 110 cm³/mol. The van der Waals surface area contributed by atoms with Crippen LogP contribution in [0.25, 0.3) is 0 Å². The van der Waals surface area contributed by atoms with E-state index in [9.17, 15) is 9.18 Å². The van der Waals surface area contributed by atoms with Crippen LogP contribution in [0.3, 0.4) is 0 Å². The number of aromatic nitrogens is 3. The highest BCUT2D eigenvalue weighted by Gasteiger charge is 2.34. The summed E-state index contributed by atoms with van der Waals surface area (Å²) in [6, 6.07) is 13.3. The Balaban J connectivity index is 1.30. The van der Waals surface area contributed by atoms with Gasteiger partial charge in [-0.3, -0.25) is 14.8 Å². The number of nitrogens with one attached hydrogen (secondary N) is 1. The third-order valence-corrected chi connectivity index (χ3v) is 6.12. The van der Waals surface area contributed by atoms with E-state index in [0.29, 0.717) is 13.1 Å². The van der Waals surface area contributed by atoms with E-state index in [1.165, 1.54) is 35.2 Å². The summed E-state index contributed by atoms with van der Waals surface area (Å²) in [5, 5.41) is 7.85. The van der Waals surface area contributed by atoms with Gasteiger partial charge in [-0.05, 0) is 24.1 Å². The molecule has 5 rings (SSSR count). The highest BCUT2D eigenvalue weighted by atomic mass is 19.1. The summed E-state index contributed by atoms with van der Waals surface area (Å²) in [5.41, 5.74) is 4.73. The number of carbonyl (C=O) groups excluding carboxylic acids is 1. The summed E-state index contributed by atoms with van der Waals surface area (Å²) < 4.78 is 14.0. The number of likely N-dealkylation sites (tertiary alicyclic amines) is 1. The minimum atomic E-state index is -0.570. The van der Waals surface area contributed by atoms with Crippen LogP contribution in [-0.4, -0.2) is 50.5 Å². The molecule has 0 spiro atoms. The number of benzene rings is 1. The van der Waals surface area contributed by atoms with Crippen LogP contribution in [0.4, 0.5) is 4.39 Å². The zero-order chi connectivity index (χ0) is 20.5. The summed E-state index contributed by atoms with van der Waals surface area (Å²) in [5.74, 6) is -0.747. The molecule has 1 N–H and O–H groups in total. The number of amides is 1. The lowest BCUT2D eigenvalue weighted by molar-refractivity contribution is 0.0779. The summed E-state index contributed by atoms with van der Waals surface area (Å²) in [6.07, 6.45) is 3.23. The van der Waals surface area contributed by atoms with E-state index in [2.05, 4.69) is 44.3 Å². The van der Waals surface area contributed by atoms with Crippen molar-refractivity contribution < 1.29 is 9.18 Å². The van der Waals surface area contributed by atoms with Gasteiger partial charge >= 0.3 is 0 Å². The first kappa shape index (κ1) is 18.9. The zero-order valence-electron chi connectivity index (χ0n) is 16.7. The molecule has 154 valence electrons. The second kappa shape index (κ2) is 7.99. The molecule has 4 heterocycles. The lowest BCUT2D eigenvalue weighted by Gasteiger charge is -2.27. The Hall–Kier alpha value is -3.06. The highest BCUT2D eigenvalue weighted by Crippen LogP contribution is 2.33. The molecular formula is C23H24FN5O. The van der Waals surface area contributed by atoms with Crippen LogP contribution in [-0.2, 0) is 19.5 Å². The highest BCUT2D eigenvalue weighted by molar-refractivity contribution is 5.92. The molecule has 0 radical (unpaired) electrons. The van der Waals surface area contributed by atoms with Gasteiger partial charge in [-0.15, -0.1) is 0 Å². The second-order valence-corrected chi connectivity index (χ2v) is 8.08. The number of rotatable bonds is 4. The standard InChI is InChI=1S/C23H24FN5O/c24-19-7-4-10-25-22(19)23(30)29-12-8-17(14-29)21-18-15-28(11-9-20(18)26-27-21)13-16-5-2-1-3-6-16/h1-7,10,17H,8-9,11-15H2,(H,26,27). The SMILES string of the molecule is O=C(c1ncccc1F)N1CCC(c2n[nH]c3c2CN(Cc2ccccc2)CC3)C1. The van der Waals surface area contributed by atoms with E-state index in [-0.39, 0.29) is 17.5 Å². The van der Waals surface area contributed by atoms with Crippen molar-refractivity contribution in [1.29, 1.82) is 0 Å². The van der Waals surface area contributed by atoms with Crippen LogP contribution in [0.15, 0.2) is 48.7 Å². The minimum absolute atomic E-state index is 0.101. The maximum absolute atomic E-state index is 14.0. The maximum atomic E-state index is 14.0. The largest absolute Gasteiger partial charge is 0.337 e. The summed E-state index contributed by atoms with van der Waals surface area (Å²) in [6.45, 7) is 3.91. The number of carbonyl (C=O) groups is 1. The van der Waals surface area contributed by atoms with Crippen molar-refractivity contribution in [3.63, 3.8) is 0 Å². The number of pyridine rings is 1. The Morgan fingerprint density at radius 3 is 2.87 bits per heavy atom. The van der Waals surface area contributed by atoms with Crippen molar-refractivity contribution in [1.82, 2.24) is 25.0 Å². The van der Waals surface area contributed by atoms with E-state index >= 15 is 0 Å². The third kappa shape index (κ3) is 3.61. The predicted octanol–water partition coefficient (Wildman–Crippen LogP) is 3.13. The van der Waals surface area contributed by atoms with Crippen molar-refractivity contribution in [2.75, 3.05) is 19.6 Å². The van der Waals surface area contributed by atoms with Gasteiger partial charge in [0, 0.05) is 62.5 Å². The Kier molecular flexibility index (Phi) is 5.04. The van der Waals surface area contributed by atoms with E-state index in [0.717, 1.165) is 38.2 Å². The van der Waals surface area contributed by atoms with Gasteiger partial charge in [0.15, 0.2) is 11.5 Å². The van der Waals surface area contributed by atoms with Crippen molar-refractivity contribution in [3.05, 3.63) is 82.7 Å². The molecule has 0 bridgehead atoms. The molecule has 7 heteroatoms. The van der Waals surface area contributed by atoms with Crippen molar-refractivity contribution in [2.45, 2.75) is 31.8 Å². The first-order valence-electron chi connectivity index (χ1n) is 10.4. The van der Waals surface area contributed by atoms with E-state index in [1.54, 1.807) is 4.90 Å². The van der Waals surface area contributed by atoms with Gasteiger partial charge in [-0.1, -0.05) is 30.3 Å². The number of fused-ring (bicyclic) bond motifs is 1. The number of H-pyrrole nitrogens is 1.